The molecule has 0 radical (unpaired) electrons. The van der Waals surface area contributed by atoms with E-state index in [2.05, 4.69) is 41.6 Å². The quantitative estimate of drug-likeness (QED) is 0.541. The van der Waals surface area contributed by atoms with E-state index in [9.17, 15) is 10.2 Å². The third kappa shape index (κ3) is 3.30. The highest BCUT2D eigenvalue weighted by Crippen LogP contribution is 2.70. The number of rotatable bonds is 5. The van der Waals surface area contributed by atoms with Crippen LogP contribution in [0.25, 0.3) is 0 Å². The molecule has 6 rings (SSSR count). The van der Waals surface area contributed by atoms with Crippen molar-refractivity contribution >= 4 is 11.3 Å². The number of aliphatic hydroxyl groups is 2. The van der Waals surface area contributed by atoms with Crippen LogP contribution in [0.4, 0.5) is 0 Å². The fraction of sp³-hybridized carbons (Fsp3) is 0.793. The molecule has 0 bridgehead atoms. The number of hydrogen-bond donors (Lipinski definition) is 2. The van der Waals surface area contributed by atoms with Crippen LogP contribution >= 0.6 is 11.3 Å². The molecule has 5 heteroatoms. The van der Waals surface area contributed by atoms with Gasteiger partial charge in [-0.1, -0.05) is 25.5 Å². The van der Waals surface area contributed by atoms with Crippen molar-refractivity contribution in [3.63, 3.8) is 0 Å². The zero-order chi connectivity index (χ0) is 23.6. The first-order chi connectivity index (χ1) is 16.3. The summed E-state index contributed by atoms with van der Waals surface area (Å²) in [7, 11) is 0. The second kappa shape index (κ2) is 8.41. The zero-order valence-corrected chi connectivity index (χ0v) is 21.9. The summed E-state index contributed by atoms with van der Waals surface area (Å²) in [6.07, 6.45) is 13.2. The van der Waals surface area contributed by atoms with E-state index in [-0.39, 0.29) is 11.3 Å². The van der Waals surface area contributed by atoms with Crippen molar-refractivity contribution < 1.29 is 14.9 Å². The van der Waals surface area contributed by atoms with Gasteiger partial charge in [-0.15, -0.1) is 0 Å². The van der Waals surface area contributed by atoms with E-state index in [1.807, 2.05) is 0 Å². The van der Waals surface area contributed by atoms with Gasteiger partial charge in [-0.2, -0.15) is 11.3 Å². The van der Waals surface area contributed by atoms with E-state index < -0.39 is 16.6 Å². The number of nitrogens with zero attached hydrogens (tertiary/aromatic N) is 1. The fourth-order valence-corrected chi connectivity index (χ4v) is 9.79. The highest BCUT2D eigenvalue weighted by molar-refractivity contribution is 7.08. The third-order valence-corrected chi connectivity index (χ3v) is 12.0. The highest BCUT2D eigenvalue weighted by Gasteiger charge is 2.71. The van der Waals surface area contributed by atoms with Crippen LogP contribution in [-0.2, 0) is 10.3 Å². The normalized spacial score (nSPS) is 46.6. The van der Waals surface area contributed by atoms with Gasteiger partial charge in [-0.05, 0) is 117 Å². The molecule has 2 unspecified atom stereocenters. The molecule has 1 aliphatic heterocycles. The van der Waals surface area contributed by atoms with Crippen molar-refractivity contribution in [3.05, 3.63) is 34.0 Å². The number of thiophene rings is 1. The minimum Gasteiger partial charge on any atom is -0.389 e. The van der Waals surface area contributed by atoms with Crippen LogP contribution in [-0.4, -0.2) is 53.1 Å². The topological polar surface area (TPSA) is 52.9 Å². The van der Waals surface area contributed by atoms with Gasteiger partial charge in [-0.3, -0.25) is 0 Å². The Balaban J connectivity index is 1.19. The van der Waals surface area contributed by atoms with Crippen molar-refractivity contribution in [1.82, 2.24) is 4.90 Å². The first-order valence-electron chi connectivity index (χ1n) is 13.8. The molecule has 3 saturated carbocycles. The van der Waals surface area contributed by atoms with Crippen LogP contribution < -0.4 is 0 Å². The monoisotopic (exact) mass is 485 g/mol. The standard InChI is InChI=1S/C29H43NO3S/c1-26-10-7-23(33-17-16-30-14-3-4-15-30)19-21(26)5-6-25-24(26)8-11-27(2)28(31,12-13-29(25,27)32)22-9-18-34-20-22/h5,9,18,20,23-25,31-32H,3-4,6-8,10-17,19H2,1-2H3/t23?,24-,25-,26+,27-,28?,29-/m1/s1. The molecule has 2 heterocycles. The average Bonchev–Trinajstić information content (AvgIpc) is 3.57. The summed E-state index contributed by atoms with van der Waals surface area (Å²) in [5.41, 5.74) is 0.556. The molecule has 0 spiro atoms. The lowest BCUT2D eigenvalue weighted by atomic mass is 9.45. The molecule has 0 amide bonds. The summed E-state index contributed by atoms with van der Waals surface area (Å²) in [4.78, 5) is 2.54. The molecule has 4 nitrogen and oxygen atoms in total. The SMILES string of the molecule is C[C@]12CCC(OCCN3CCCC3)CC1=CC[C@@H]1[C@H]2CC[C@]2(C)C(O)(c3ccsc3)CC[C@@]12O. The first-order valence-corrected chi connectivity index (χ1v) is 14.8. The molecule has 188 valence electrons. The maximum absolute atomic E-state index is 12.4. The Morgan fingerprint density at radius 1 is 1.06 bits per heavy atom. The van der Waals surface area contributed by atoms with Crippen LogP contribution in [0.15, 0.2) is 28.5 Å². The van der Waals surface area contributed by atoms with Crippen molar-refractivity contribution in [2.75, 3.05) is 26.2 Å². The van der Waals surface area contributed by atoms with Crippen LogP contribution in [0.5, 0.6) is 0 Å². The molecule has 4 fully saturated rings. The Morgan fingerprint density at radius 2 is 1.88 bits per heavy atom. The maximum Gasteiger partial charge on any atom is 0.0986 e. The van der Waals surface area contributed by atoms with Crippen LogP contribution in [0.3, 0.4) is 0 Å². The van der Waals surface area contributed by atoms with Gasteiger partial charge in [0.2, 0.25) is 0 Å². The van der Waals surface area contributed by atoms with Gasteiger partial charge in [0.25, 0.3) is 0 Å². The van der Waals surface area contributed by atoms with Crippen molar-refractivity contribution in [2.45, 2.75) is 95.4 Å². The lowest BCUT2D eigenvalue weighted by Gasteiger charge is -2.62. The van der Waals surface area contributed by atoms with Gasteiger partial charge in [0.1, 0.15) is 0 Å². The molecular weight excluding hydrogens is 442 g/mol. The molecule has 34 heavy (non-hydrogen) atoms. The van der Waals surface area contributed by atoms with Gasteiger partial charge in [0.15, 0.2) is 0 Å². The molecule has 4 aliphatic carbocycles. The number of allylic oxidation sites excluding steroid dienone is 1. The highest BCUT2D eigenvalue weighted by atomic mass is 32.1. The number of fused-ring (bicyclic) bond motifs is 5. The molecule has 1 aromatic heterocycles. The van der Waals surface area contributed by atoms with Gasteiger partial charge in [0.05, 0.1) is 23.9 Å². The predicted octanol–water partition coefficient (Wildman–Crippen LogP) is 5.49. The van der Waals surface area contributed by atoms with Gasteiger partial charge < -0.3 is 19.8 Å². The van der Waals surface area contributed by atoms with Gasteiger partial charge in [0, 0.05) is 12.0 Å². The van der Waals surface area contributed by atoms with E-state index in [0.29, 0.717) is 24.9 Å². The Morgan fingerprint density at radius 3 is 2.65 bits per heavy atom. The third-order valence-electron chi connectivity index (χ3n) is 11.4. The van der Waals surface area contributed by atoms with E-state index >= 15 is 0 Å². The van der Waals surface area contributed by atoms with Crippen molar-refractivity contribution in [2.24, 2.45) is 22.7 Å². The molecule has 1 saturated heterocycles. The van der Waals surface area contributed by atoms with Gasteiger partial charge in [-0.25, -0.2) is 0 Å². The molecule has 0 aromatic carbocycles. The Kier molecular flexibility index (Phi) is 5.85. The van der Waals surface area contributed by atoms with E-state index in [1.165, 1.54) is 25.9 Å². The minimum absolute atomic E-state index is 0.165. The van der Waals surface area contributed by atoms with Crippen molar-refractivity contribution in [1.29, 1.82) is 0 Å². The lowest BCUT2D eigenvalue weighted by molar-refractivity contribution is -0.218. The molecule has 1 aromatic rings. The fourth-order valence-electron chi connectivity index (χ4n) is 9.07. The van der Waals surface area contributed by atoms with E-state index in [1.54, 1.807) is 16.9 Å². The second-order valence-corrected chi connectivity index (χ2v) is 13.3. The molecule has 7 atom stereocenters. The van der Waals surface area contributed by atoms with Crippen LogP contribution in [0.1, 0.15) is 83.6 Å². The van der Waals surface area contributed by atoms with Crippen LogP contribution in [0, 0.1) is 22.7 Å². The summed E-state index contributed by atoms with van der Waals surface area (Å²) >= 11 is 1.65. The minimum atomic E-state index is -0.918. The number of ether oxygens (including phenoxy) is 1. The van der Waals surface area contributed by atoms with Gasteiger partial charge >= 0.3 is 0 Å². The number of hydrogen-bond acceptors (Lipinski definition) is 5. The summed E-state index contributed by atoms with van der Waals surface area (Å²) < 4.78 is 6.38. The summed E-state index contributed by atoms with van der Waals surface area (Å²) in [5, 5.41) is 28.5. The molecule has 5 aliphatic rings. The second-order valence-electron chi connectivity index (χ2n) is 12.5. The first kappa shape index (κ1) is 23.7. The zero-order valence-electron chi connectivity index (χ0n) is 21.1. The maximum atomic E-state index is 12.4. The van der Waals surface area contributed by atoms with Crippen LogP contribution in [0.2, 0.25) is 0 Å². The molecule has 2 N–H and O–H groups in total. The van der Waals surface area contributed by atoms with E-state index in [0.717, 1.165) is 57.2 Å². The lowest BCUT2D eigenvalue weighted by Crippen LogP contribution is -2.63. The Labute approximate surface area is 209 Å². The average molecular weight is 486 g/mol. The smallest absolute Gasteiger partial charge is 0.0986 e. The van der Waals surface area contributed by atoms with E-state index in [4.69, 9.17) is 4.74 Å². The summed E-state index contributed by atoms with van der Waals surface area (Å²) in [6, 6.07) is 2.07. The number of likely N-dealkylation sites (tertiary alicyclic amines) is 1. The Bertz CT molecular complexity index is 926. The largest absolute Gasteiger partial charge is 0.389 e. The summed E-state index contributed by atoms with van der Waals surface area (Å²) in [5.74, 6) is 0.737. The van der Waals surface area contributed by atoms with Crippen molar-refractivity contribution in [3.8, 4) is 0 Å². The Hall–Kier alpha value is -0.720. The predicted molar refractivity (Wildman–Crippen MR) is 137 cm³/mol. The summed E-state index contributed by atoms with van der Waals surface area (Å²) in [6.45, 7) is 9.08. The molecular formula is C29H43NO3S.